The third-order valence-electron chi connectivity index (χ3n) is 4.87. The van der Waals surface area contributed by atoms with Crippen molar-refractivity contribution < 1.29 is 19.4 Å². The van der Waals surface area contributed by atoms with Crippen molar-refractivity contribution in [2.24, 2.45) is 11.8 Å². The topological polar surface area (TPSA) is 87.7 Å². The summed E-state index contributed by atoms with van der Waals surface area (Å²) >= 11 is 0. The summed E-state index contributed by atoms with van der Waals surface area (Å²) in [5, 5.41) is 15.1. The smallest absolute Gasteiger partial charge is 0.315 e. The Morgan fingerprint density at radius 2 is 1.83 bits per heavy atom. The van der Waals surface area contributed by atoms with Crippen molar-refractivity contribution in [3.63, 3.8) is 0 Å². The van der Waals surface area contributed by atoms with E-state index in [4.69, 9.17) is 9.84 Å². The highest BCUT2D eigenvalue weighted by Gasteiger charge is 2.30. The molecule has 132 valence electrons. The molecule has 1 saturated heterocycles. The first-order valence-corrected chi connectivity index (χ1v) is 8.87. The van der Waals surface area contributed by atoms with Crippen LogP contribution in [0.5, 0.6) is 0 Å². The van der Waals surface area contributed by atoms with Crippen molar-refractivity contribution >= 4 is 12.0 Å². The molecule has 0 aromatic rings. The molecule has 1 aliphatic heterocycles. The van der Waals surface area contributed by atoms with Crippen LogP contribution in [-0.2, 0) is 9.53 Å². The first-order valence-electron chi connectivity index (χ1n) is 8.87. The highest BCUT2D eigenvalue weighted by molar-refractivity contribution is 5.75. The van der Waals surface area contributed by atoms with Gasteiger partial charge in [0.05, 0.1) is 18.1 Å². The van der Waals surface area contributed by atoms with E-state index in [1.807, 2.05) is 0 Å². The lowest BCUT2D eigenvalue weighted by atomic mass is 9.86. The molecule has 0 radical (unpaired) electrons. The summed E-state index contributed by atoms with van der Waals surface area (Å²) in [7, 11) is 0. The predicted molar refractivity (Wildman–Crippen MR) is 87.3 cm³/mol. The minimum atomic E-state index is -0.719. The van der Waals surface area contributed by atoms with Gasteiger partial charge in [-0.1, -0.05) is 13.8 Å². The van der Waals surface area contributed by atoms with Crippen LogP contribution in [0.2, 0.25) is 0 Å². The summed E-state index contributed by atoms with van der Waals surface area (Å²) in [4.78, 5) is 23.2. The molecule has 2 amide bonds. The molecule has 1 heterocycles. The van der Waals surface area contributed by atoms with E-state index in [0.29, 0.717) is 18.8 Å². The van der Waals surface area contributed by atoms with Crippen LogP contribution in [0.15, 0.2) is 0 Å². The van der Waals surface area contributed by atoms with Crippen molar-refractivity contribution in [3.05, 3.63) is 0 Å². The average Bonchev–Trinajstić information content (AvgIpc) is 2.49. The molecule has 6 nitrogen and oxygen atoms in total. The lowest BCUT2D eigenvalue weighted by Crippen LogP contribution is -2.53. The van der Waals surface area contributed by atoms with Crippen LogP contribution in [0.3, 0.4) is 0 Å². The van der Waals surface area contributed by atoms with E-state index in [0.717, 1.165) is 38.7 Å². The van der Waals surface area contributed by atoms with Gasteiger partial charge in [0.1, 0.15) is 0 Å². The fourth-order valence-corrected chi connectivity index (χ4v) is 3.58. The normalized spacial score (nSPS) is 31.6. The van der Waals surface area contributed by atoms with Crippen LogP contribution >= 0.6 is 0 Å². The molecular weight excluding hydrogens is 296 g/mol. The molecule has 2 atom stereocenters. The molecule has 2 aliphatic rings. The molecule has 0 aromatic heterocycles. The molecule has 2 rings (SSSR count). The van der Waals surface area contributed by atoms with Crippen molar-refractivity contribution in [3.8, 4) is 0 Å². The number of nitrogens with one attached hydrogen (secondary N) is 2. The van der Waals surface area contributed by atoms with Gasteiger partial charge in [-0.3, -0.25) is 4.79 Å². The Morgan fingerprint density at radius 1 is 1.13 bits per heavy atom. The summed E-state index contributed by atoms with van der Waals surface area (Å²) in [6.07, 6.45) is 5.74. The van der Waals surface area contributed by atoms with Crippen LogP contribution in [0.1, 0.15) is 58.8 Å². The first-order chi connectivity index (χ1) is 11.0. The van der Waals surface area contributed by atoms with Crippen LogP contribution in [0, 0.1) is 11.8 Å². The number of carbonyl (C=O) groups excluding carboxylic acids is 1. The second kappa shape index (κ2) is 8.52. The molecule has 23 heavy (non-hydrogen) atoms. The third-order valence-corrected chi connectivity index (χ3v) is 4.87. The first kappa shape index (κ1) is 18.0. The quantitative estimate of drug-likeness (QED) is 0.724. The lowest BCUT2D eigenvalue weighted by molar-refractivity contribution is -0.142. The van der Waals surface area contributed by atoms with E-state index in [-0.39, 0.29) is 30.1 Å². The Hall–Kier alpha value is -1.30. The molecular formula is C17H30N2O4. The lowest BCUT2D eigenvalue weighted by Gasteiger charge is -2.34. The Kier molecular flexibility index (Phi) is 6.69. The molecule has 2 fully saturated rings. The predicted octanol–water partition coefficient (Wildman–Crippen LogP) is 2.52. The highest BCUT2D eigenvalue weighted by Crippen LogP contribution is 2.24. The van der Waals surface area contributed by atoms with Crippen LogP contribution < -0.4 is 10.6 Å². The fraction of sp³-hybridized carbons (Fsp3) is 0.882. The van der Waals surface area contributed by atoms with E-state index < -0.39 is 5.97 Å². The Bertz CT molecular complexity index is 405. The number of ether oxygens (including phenoxy) is 1. The summed E-state index contributed by atoms with van der Waals surface area (Å²) in [6.45, 7) is 5.10. The van der Waals surface area contributed by atoms with E-state index in [1.165, 1.54) is 0 Å². The number of amides is 2. The number of aliphatic carboxylic acids is 1. The third kappa shape index (κ3) is 5.68. The van der Waals surface area contributed by atoms with E-state index >= 15 is 0 Å². The average molecular weight is 326 g/mol. The second-order valence-electron chi connectivity index (χ2n) is 7.29. The van der Waals surface area contributed by atoms with Crippen molar-refractivity contribution in [2.75, 3.05) is 6.61 Å². The molecule has 1 aliphatic carbocycles. The number of carbonyl (C=O) groups is 2. The standard InChI is InChI=1S/C17H30N2O4/c1-11(2)10-15-14(4-3-9-23-15)19-17(22)18-13-7-5-12(6-8-13)16(20)21/h11-15H,3-10H2,1-2H3,(H,20,21)(H2,18,19,22). The van der Waals surface area contributed by atoms with E-state index in [2.05, 4.69) is 24.5 Å². The number of hydrogen-bond donors (Lipinski definition) is 3. The molecule has 3 N–H and O–H groups in total. The number of urea groups is 1. The number of hydrogen-bond acceptors (Lipinski definition) is 3. The largest absolute Gasteiger partial charge is 0.481 e. The monoisotopic (exact) mass is 326 g/mol. The minimum absolute atomic E-state index is 0.0708. The summed E-state index contributed by atoms with van der Waals surface area (Å²) in [6, 6.07) is 0.00759. The van der Waals surface area contributed by atoms with Gasteiger partial charge < -0.3 is 20.5 Å². The number of rotatable bonds is 5. The van der Waals surface area contributed by atoms with Gasteiger partial charge in [0.2, 0.25) is 0 Å². The maximum Gasteiger partial charge on any atom is 0.315 e. The van der Waals surface area contributed by atoms with Crippen molar-refractivity contribution in [2.45, 2.75) is 77.0 Å². The zero-order valence-electron chi connectivity index (χ0n) is 14.2. The molecule has 0 bridgehead atoms. The highest BCUT2D eigenvalue weighted by atomic mass is 16.5. The summed E-state index contributed by atoms with van der Waals surface area (Å²) < 4.78 is 5.82. The van der Waals surface area contributed by atoms with Gasteiger partial charge in [-0.05, 0) is 50.9 Å². The maximum absolute atomic E-state index is 12.2. The van der Waals surface area contributed by atoms with Crippen LogP contribution in [0.25, 0.3) is 0 Å². The van der Waals surface area contributed by atoms with Gasteiger partial charge in [-0.25, -0.2) is 4.79 Å². The zero-order chi connectivity index (χ0) is 16.8. The van der Waals surface area contributed by atoms with Crippen molar-refractivity contribution in [1.82, 2.24) is 10.6 Å². The Balaban J connectivity index is 1.76. The maximum atomic E-state index is 12.2. The summed E-state index contributed by atoms with van der Waals surface area (Å²) in [5.41, 5.74) is 0. The van der Waals surface area contributed by atoms with Crippen molar-refractivity contribution in [1.29, 1.82) is 0 Å². The molecule has 6 heteroatoms. The fourth-order valence-electron chi connectivity index (χ4n) is 3.58. The van der Waals surface area contributed by atoms with Gasteiger partial charge in [0, 0.05) is 12.6 Å². The van der Waals surface area contributed by atoms with E-state index in [9.17, 15) is 9.59 Å². The molecule has 1 saturated carbocycles. The zero-order valence-corrected chi connectivity index (χ0v) is 14.2. The van der Waals surface area contributed by atoms with Gasteiger partial charge in [0.15, 0.2) is 0 Å². The van der Waals surface area contributed by atoms with E-state index in [1.54, 1.807) is 0 Å². The van der Waals surface area contributed by atoms with Gasteiger partial charge in [0.25, 0.3) is 0 Å². The SMILES string of the molecule is CC(C)CC1OCCCC1NC(=O)NC1CCC(C(=O)O)CC1. The molecule has 0 aromatic carbocycles. The number of carboxylic acids is 1. The van der Waals surface area contributed by atoms with Crippen LogP contribution in [0.4, 0.5) is 4.79 Å². The Labute approximate surface area is 138 Å². The van der Waals surface area contributed by atoms with Gasteiger partial charge >= 0.3 is 12.0 Å². The van der Waals surface area contributed by atoms with Gasteiger partial charge in [-0.15, -0.1) is 0 Å². The Morgan fingerprint density at radius 3 is 2.43 bits per heavy atom. The minimum Gasteiger partial charge on any atom is -0.481 e. The van der Waals surface area contributed by atoms with Crippen LogP contribution in [-0.4, -0.2) is 41.9 Å². The molecule has 2 unspecified atom stereocenters. The summed E-state index contributed by atoms with van der Waals surface area (Å²) in [5.74, 6) is -0.432. The number of carboxylic acid groups (broad SMARTS) is 1. The second-order valence-corrected chi connectivity index (χ2v) is 7.29. The van der Waals surface area contributed by atoms with Gasteiger partial charge in [-0.2, -0.15) is 0 Å². The molecule has 0 spiro atoms.